The molecule has 20 heavy (non-hydrogen) atoms. The highest BCUT2D eigenvalue weighted by Gasteiger charge is 2.05. The Kier molecular flexibility index (Phi) is 4.84. The molecule has 0 aliphatic heterocycles. The number of ether oxygens (including phenoxy) is 2. The Hall–Kier alpha value is -1.75. The van der Waals surface area contributed by atoms with E-state index in [1.807, 2.05) is 18.2 Å². The maximum Gasteiger partial charge on any atom is 0.146 e. The van der Waals surface area contributed by atoms with E-state index in [1.54, 1.807) is 26.4 Å². The molecule has 0 heterocycles. The first-order valence-electron chi connectivity index (χ1n) is 6.04. The zero-order chi connectivity index (χ0) is 14.5. The van der Waals surface area contributed by atoms with Crippen molar-refractivity contribution in [2.75, 3.05) is 19.5 Å². The van der Waals surface area contributed by atoms with Crippen molar-refractivity contribution in [3.8, 4) is 11.5 Å². The van der Waals surface area contributed by atoms with E-state index in [1.165, 1.54) is 6.07 Å². The summed E-state index contributed by atoms with van der Waals surface area (Å²) in [6.07, 6.45) is 0. The van der Waals surface area contributed by atoms with Crippen LogP contribution in [0.1, 0.15) is 5.56 Å². The fraction of sp³-hybridized carbons (Fsp3) is 0.200. The molecule has 2 rings (SSSR count). The number of hydrogen-bond acceptors (Lipinski definition) is 3. The molecule has 1 N–H and O–H groups in total. The van der Waals surface area contributed by atoms with Crippen LogP contribution in [0.25, 0.3) is 0 Å². The third-order valence-electron chi connectivity index (χ3n) is 2.87. The van der Waals surface area contributed by atoms with Gasteiger partial charge in [0.2, 0.25) is 0 Å². The zero-order valence-electron chi connectivity index (χ0n) is 11.2. The molecule has 106 valence electrons. The molecule has 2 aromatic rings. The second kappa shape index (κ2) is 6.61. The summed E-state index contributed by atoms with van der Waals surface area (Å²) in [7, 11) is 3.17. The first-order chi connectivity index (χ1) is 9.63. The van der Waals surface area contributed by atoms with Crippen LogP contribution in [0.4, 0.5) is 10.1 Å². The minimum Gasteiger partial charge on any atom is -0.497 e. The number of rotatable bonds is 5. The predicted octanol–water partition coefficient (Wildman–Crippen LogP) is 4.22. The highest BCUT2D eigenvalue weighted by atomic mass is 79.9. The second-order valence-electron chi connectivity index (χ2n) is 4.17. The number of halogens is 2. The van der Waals surface area contributed by atoms with Crippen LogP contribution in [0.15, 0.2) is 40.9 Å². The summed E-state index contributed by atoms with van der Waals surface area (Å²) in [5.41, 5.74) is 1.43. The van der Waals surface area contributed by atoms with E-state index in [0.717, 1.165) is 15.8 Å². The van der Waals surface area contributed by atoms with Crippen molar-refractivity contribution < 1.29 is 13.9 Å². The molecular weight excluding hydrogens is 325 g/mol. The Morgan fingerprint density at radius 2 is 1.90 bits per heavy atom. The lowest BCUT2D eigenvalue weighted by molar-refractivity contribution is 0.412. The Balaban J connectivity index is 2.10. The Labute approximate surface area is 125 Å². The Bertz CT molecular complexity index is 604. The summed E-state index contributed by atoms with van der Waals surface area (Å²) in [6.45, 7) is 0.507. The minimum absolute atomic E-state index is 0.307. The molecule has 0 radical (unpaired) electrons. The number of benzene rings is 2. The molecule has 3 nitrogen and oxygen atoms in total. The zero-order valence-corrected chi connectivity index (χ0v) is 12.8. The highest BCUT2D eigenvalue weighted by molar-refractivity contribution is 9.10. The lowest BCUT2D eigenvalue weighted by Crippen LogP contribution is -2.02. The third kappa shape index (κ3) is 3.42. The van der Waals surface area contributed by atoms with Gasteiger partial charge < -0.3 is 14.8 Å². The summed E-state index contributed by atoms with van der Waals surface area (Å²) < 4.78 is 24.8. The largest absolute Gasteiger partial charge is 0.497 e. The van der Waals surface area contributed by atoms with Gasteiger partial charge in [-0.3, -0.25) is 0 Å². The van der Waals surface area contributed by atoms with Gasteiger partial charge in [-0.2, -0.15) is 0 Å². The van der Waals surface area contributed by atoms with Crippen molar-refractivity contribution in [3.63, 3.8) is 0 Å². The first kappa shape index (κ1) is 14.7. The van der Waals surface area contributed by atoms with E-state index in [0.29, 0.717) is 18.0 Å². The topological polar surface area (TPSA) is 30.5 Å². The molecule has 0 fully saturated rings. The van der Waals surface area contributed by atoms with E-state index in [2.05, 4.69) is 21.2 Å². The maximum atomic E-state index is 13.7. The van der Waals surface area contributed by atoms with Crippen LogP contribution in [0.2, 0.25) is 0 Å². The van der Waals surface area contributed by atoms with E-state index in [9.17, 15) is 4.39 Å². The molecule has 0 aliphatic carbocycles. The van der Waals surface area contributed by atoms with Crippen LogP contribution >= 0.6 is 15.9 Å². The van der Waals surface area contributed by atoms with Crippen molar-refractivity contribution in [1.29, 1.82) is 0 Å². The molecule has 0 spiro atoms. The quantitative estimate of drug-likeness (QED) is 0.884. The molecule has 2 aromatic carbocycles. The van der Waals surface area contributed by atoms with Crippen molar-refractivity contribution in [2.45, 2.75) is 6.54 Å². The molecular formula is C15H15BrFNO2. The number of anilines is 1. The average Bonchev–Trinajstić information content (AvgIpc) is 2.46. The van der Waals surface area contributed by atoms with Gasteiger partial charge in [0, 0.05) is 12.6 Å². The molecule has 0 atom stereocenters. The van der Waals surface area contributed by atoms with Crippen LogP contribution in [-0.4, -0.2) is 14.2 Å². The van der Waals surface area contributed by atoms with Crippen LogP contribution < -0.4 is 14.8 Å². The lowest BCUT2D eigenvalue weighted by atomic mass is 10.2. The van der Waals surface area contributed by atoms with E-state index < -0.39 is 0 Å². The molecule has 5 heteroatoms. The van der Waals surface area contributed by atoms with Gasteiger partial charge in [0.25, 0.3) is 0 Å². The first-order valence-corrected chi connectivity index (χ1v) is 6.83. The SMILES string of the molecule is COc1ccc(F)c(NCc2ccc(OC)c(Br)c2)c1. The molecule has 0 aromatic heterocycles. The van der Waals surface area contributed by atoms with Gasteiger partial charge >= 0.3 is 0 Å². The number of nitrogens with one attached hydrogen (secondary N) is 1. The van der Waals surface area contributed by atoms with Crippen molar-refractivity contribution in [1.82, 2.24) is 0 Å². The van der Waals surface area contributed by atoms with Crippen LogP contribution in [-0.2, 0) is 6.54 Å². The standard InChI is InChI=1S/C15H15BrFNO2/c1-19-11-4-5-13(17)14(8-11)18-9-10-3-6-15(20-2)12(16)7-10/h3-8,18H,9H2,1-2H3. The smallest absolute Gasteiger partial charge is 0.146 e. The second-order valence-corrected chi connectivity index (χ2v) is 5.02. The minimum atomic E-state index is -0.307. The van der Waals surface area contributed by atoms with Gasteiger partial charge in [-0.15, -0.1) is 0 Å². The molecule has 0 unspecified atom stereocenters. The third-order valence-corrected chi connectivity index (χ3v) is 3.49. The Morgan fingerprint density at radius 1 is 1.10 bits per heavy atom. The van der Waals surface area contributed by atoms with E-state index >= 15 is 0 Å². The Morgan fingerprint density at radius 3 is 2.55 bits per heavy atom. The normalized spacial score (nSPS) is 10.2. The van der Waals surface area contributed by atoms with Crippen LogP contribution in [0.3, 0.4) is 0 Å². The van der Waals surface area contributed by atoms with E-state index in [-0.39, 0.29) is 5.82 Å². The molecule has 0 aliphatic rings. The summed E-state index contributed by atoms with van der Waals surface area (Å²) in [4.78, 5) is 0. The predicted molar refractivity (Wildman–Crippen MR) is 81.0 cm³/mol. The van der Waals surface area contributed by atoms with Gasteiger partial charge in [0.1, 0.15) is 17.3 Å². The van der Waals surface area contributed by atoms with Gasteiger partial charge in [-0.25, -0.2) is 4.39 Å². The summed E-state index contributed by atoms with van der Waals surface area (Å²) in [6, 6.07) is 10.3. The monoisotopic (exact) mass is 339 g/mol. The summed E-state index contributed by atoms with van der Waals surface area (Å²) in [5.74, 6) is 1.07. The van der Waals surface area contributed by atoms with Gasteiger partial charge in [0.15, 0.2) is 0 Å². The summed E-state index contributed by atoms with van der Waals surface area (Å²) in [5, 5.41) is 3.05. The maximum absolute atomic E-state index is 13.7. The molecule has 0 bridgehead atoms. The van der Waals surface area contributed by atoms with Crippen LogP contribution in [0.5, 0.6) is 11.5 Å². The fourth-order valence-corrected chi connectivity index (χ4v) is 2.37. The highest BCUT2D eigenvalue weighted by Crippen LogP contribution is 2.26. The van der Waals surface area contributed by atoms with Gasteiger partial charge in [0.05, 0.1) is 24.4 Å². The molecule has 0 amide bonds. The lowest BCUT2D eigenvalue weighted by Gasteiger charge is -2.10. The van der Waals surface area contributed by atoms with Crippen LogP contribution in [0, 0.1) is 5.82 Å². The van der Waals surface area contributed by atoms with E-state index in [4.69, 9.17) is 9.47 Å². The molecule has 0 saturated heterocycles. The van der Waals surface area contributed by atoms with Crippen molar-refractivity contribution in [2.24, 2.45) is 0 Å². The van der Waals surface area contributed by atoms with Gasteiger partial charge in [-0.05, 0) is 45.8 Å². The fourth-order valence-electron chi connectivity index (χ4n) is 1.78. The van der Waals surface area contributed by atoms with Crippen molar-refractivity contribution >= 4 is 21.6 Å². The van der Waals surface area contributed by atoms with Crippen molar-refractivity contribution in [3.05, 3.63) is 52.3 Å². The number of methoxy groups -OCH3 is 2. The summed E-state index contributed by atoms with van der Waals surface area (Å²) >= 11 is 3.42. The number of hydrogen-bond donors (Lipinski definition) is 1. The van der Waals surface area contributed by atoms with Gasteiger partial charge in [-0.1, -0.05) is 6.07 Å². The average molecular weight is 340 g/mol. The molecule has 0 saturated carbocycles.